The van der Waals surface area contributed by atoms with Crippen LogP contribution in [0.1, 0.15) is 18.2 Å². The molecular formula is C10H15N3S. The van der Waals surface area contributed by atoms with Gasteiger partial charge in [-0.05, 0) is 13.3 Å². The smallest absolute Gasteiger partial charge is 0.221 e. The zero-order valence-electron chi connectivity index (χ0n) is 8.58. The number of nitrogen functional groups attached to an aromatic ring is 1. The molecule has 3 nitrogen and oxygen atoms in total. The quantitative estimate of drug-likeness (QED) is 0.469. The van der Waals surface area contributed by atoms with Gasteiger partial charge in [0.25, 0.3) is 0 Å². The second-order valence-electron chi connectivity index (χ2n) is 2.90. The van der Waals surface area contributed by atoms with Gasteiger partial charge in [-0.3, -0.25) is 0 Å². The Balaban J connectivity index is 3.04. The zero-order valence-corrected chi connectivity index (χ0v) is 9.40. The van der Waals surface area contributed by atoms with Crippen molar-refractivity contribution in [2.75, 3.05) is 11.5 Å². The van der Waals surface area contributed by atoms with Crippen molar-refractivity contribution in [1.82, 2.24) is 9.97 Å². The van der Waals surface area contributed by atoms with Crippen LogP contribution in [0.3, 0.4) is 0 Å². The van der Waals surface area contributed by atoms with E-state index < -0.39 is 0 Å². The Morgan fingerprint density at radius 3 is 2.79 bits per heavy atom. The molecule has 76 valence electrons. The molecule has 0 aliphatic rings. The van der Waals surface area contributed by atoms with Gasteiger partial charge in [-0.1, -0.05) is 13.0 Å². The molecule has 0 aromatic carbocycles. The Kier molecular flexibility index (Phi) is 3.95. The normalized spacial score (nSPS) is 10.1. The van der Waals surface area contributed by atoms with Crippen LogP contribution >= 0.6 is 11.8 Å². The molecule has 0 aliphatic carbocycles. The lowest BCUT2D eigenvalue weighted by Gasteiger charge is -2.08. The zero-order chi connectivity index (χ0) is 10.6. The van der Waals surface area contributed by atoms with Gasteiger partial charge in [0.2, 0.25) is 5.95 Å². The Morgan fingerprint density at radius 2 is 2.21 bits per heavy atom. The van der Waals surface area contributed by atoms with Crippen LogP contribution in [0.2, 0.25) is 0 Å². The summed E-state index contributed by atoms with van der Waals surface area (Å²) < 4.78 is 0. The molecule has 0 saturated carbocycles. The summed E-state index contributed by atoms with van der Waals surface area (Å²) in [4.78, 5) is 8.36. The number of anilines is 1. The van der Waals surface area contributed by atoms with Crippen molar-refractivity contribution in [2.24, 2.45) is 0 Å². The van der Waals surface area contributed by atoms with Crippen molar-refractivity contribution in [2.45, 2.75) is 25.3 Å². The van der Waals surface area contributed by atoms with E-state index in [2.05, 4.69) is 23.5 Å². The lowest BCUT2D eigenvalue weighted by atomic mass is 10.2. The minimum absolute atomic E-state index is 0.353. The Hall–Kier alpha value is -1.03. The van der Waals surface area contributed by atoms with Crippen LogP contribution in [-0.2, 0) is 6.42 Å². The first-order valence-electron chi connectivity index (χ1n) is 4.55. The van der Waals surface area contributed by atoms with Gasteiger partial charge < -0.3 is 5.73 Å². The first-order valence-corrected chi connectivity index (χ1v) is 5.54. The summed E-state index contributed by atoms with van der Waals surface area (Å²) in [5.41, 5.74) is 7.76. The summed E-state index contributed by atoms with van der Waals surface area (Å²) >= 11 is 1.65. The summed E-state index contributed by atoms with van der Waals surface area (Å²) in [6.45, 7) is 7.74. The maximum atomic E-state index is 5.59. The Bertz CT molecular complexity index is 336. The van der Waals surface area contributed by atoms with E-state index in [4.69, 9.17) is 5.73 Å². The van der Waals surface area contributed by atoms with E-state index in [-0.39, 0.29) is 0 Å². The monoisotopic (exact) mass is 209 g/mol. The molecule has 4 heteroatoms. The minimum Gasteiger partial charge on any atom is -0.368 e. The molecule has 1 aromatic heterocycles. The number of rotatable bonds is 4. The first-order chi connectivity index (χ1) is 6.69. The molecule has 1 heterocycles. The van der Waals surface area contributed by atoms with Crippen LogP contribution in [0.15, 0.2) is 17.7 Å². The van der Waals surface area contributed by atoms with Gasteiger partial charge in [0.1, 0.15) is 5.03 Å². The van der Waals surface area contributed by atoms with Crippen LogP contribution in [0.4, 0.5) is 5.95 Å². The minimum atomic E-state index is 0.353. The molecule has 0 fully saturated rings. The van der Waals surface area contributed by atoms with Crippen molar-refractivity contribution in [3.8, 4) is 0 Å². The fourth-order valence-corrected chi connectivity index (χ4v) is 2.15. The molecule has 0 spiro atoms. The van der Waals surface area contributed by atoms with Crippen LogP contribution in [-0.4, -0.2) is 15.7 Å². The first kappa shape index (κ1) is 11.0. The van der Waals surface area contributed by atoms with Crippen molar-refractivity contribution >= 4 is 17.7 Å². The number of hydrogen-bond donors (Lipinski definition) is 1. The van der Waals surface area contributed by atoms with E-state index in [1.54, 1.807) is 11.8 Å². The number of thioether (sulfide) groups is 1. The van der Waals surface area contributed by atoms with E-state index in [9.17, 15) is 0 Å². The van der Waals surface area contributed by atoms with E-state index in [1.165, 1.54) is 5.56 Å². The predicted octanol–water partition coefficient (Wildman–Crippen LogP) is 2.21. The van der Waals surface area contributed by atoms with E-state index in [0.29, 0.717) is 5.95 Å². The molecule has 0 radical (unpaired) electrons. The summed E-state index contributed by atoms with van der Waals surface area (Å²) in [5.74, 6) is 1.20. The second-order valence-corrected chi connectivity index (χ2v) is 3.91. The third kappa shape index (κ3) is 2.48. The van der Waals surface area contributed by atoms with E-state index >= 15 is 0 Å². The molecule has 14 heavy (non-hydrogen) atoms. The van der Waals surface area contributed by atoms with Gasteiger partial charge in [0.05, 0.1) is 0 Å². The highest BCUT2D eigenvalue weighted by Crippen LogP contribution is 2.23. The van der Waals surface area contributed by atoms with Crippen LogP contribution in [0.5, 0.6) is 0 Å². The number of aromatic nitrogens is 2. The number of nitrogens with zero attached hydrogens (tertiary/aromatic N) is 2. The number of nitrogens with two attached hydrogens (primary N) is 1. The lowest BCUT2D eigenvalue weighted by molar-refractivity contribution is 0.921. The predicted molar refractivity (Wildman–Crippen MR) is 61.5 cm³/mol. The van der Waals surface area contributed by atoms with Gasteiger partial charge >= 0.3 is 0 Å². The van der Waals surface area contributed by atoms with Gasteiger partial charge in [-0.2, -0.15) is 0 Å². The number of hydrogen-bond acceptors (Lipinski definition) is 4. The third-order valence-corrected chi connectivity index (χ3v) is 2.90. The largest absolute Gasteiger partial charge is 0.368 e. The summed E-state index contributed by atoms with van der Waals surface area (Å²) in [6.07, 6.45) is 2.79. The fraction of sp³-hybridized carbons (Fsp3) is 0.400. The average Bonchev–Trinajstić information content (AvgIpc) is 2.14. The van der Waals surface area contributed by atoms with Gasteiger partial charge in [-0.15, -0.1) is 18.3 Å². The molecular weight excluding hydrogens is 194 g/mol. The molecule has 2 N–H and O–H groups in total. The molecule has 0 unspecified atom stereocenters. The van der Waals surface area contributed by atoms with Crippen molar-refractivity contribution in [3.63, 3.8) is 0 Å². The van der Waals surface area contributed by atoms with Gasteiger partial charge in [0.15, 0.2) is 0 Å². The van der Waals surface area contributed by atoms with E-state index in [0.717, 1.165) is 22.9 Å². The van der Waals surface area contributed by atoms with Crippen molar-refractivity contribution in [1.29, 1.82) is 0 Å². The van der Waals surface area contributed by atoms with Gasteiger partial charge in [0, 0.05) is 17.0 Å². The summed E-state index contributed by atoms with van der Waals surface area (Å²) in [6, 6.07) is 0. The maximum absolute atomic E-state index is 5.59. The van der Waals surface area contributed by atoms with E-state index in [1.807, 2.05) is 13.0 Å². The molecule has 0 amide bonds. The molecule has 1 aromatic rings. The summed E-state index contributed by atoms with van der Waals surface area (Å²) in [5, 5.41) is 0.984. The number of aryl methyl sites for hydroxylation is 1. The van der Waals surface area contributed by atoms with Crippen molar-refractivity contribution < 1.29 is 0 Å². The van der Waals surface area contributed by atoms with Crippen molar-refractivity contribution in [3.05, 3.63) is 23.9 Å². The fourth-order valence-electron chi connectivity index (χ4n) is 1.25. The van der Waals surface area contributed by atoms with Crippen LogP contribution < -0.4 is 5.73 Å². The highest BCUT2D eigenvalue weighted by molar-refractivity contribution is 7.99. The third-order valence-electron chi connectivity index (χ3n) is 1.88. The Labute approximate surface area is 88.8 Å². The summed E-state index contributed by atoms with van der Waals surface area (Å²) in [7, 11) is 0. The molecule has 0 bridgehead atoms. The van der Waals surface area contributed by atoms with Crippen LogP contribution in [0.25, 0.3) is 0 Å². The molecule has 1 rings (SSSR count). The van der Waals surface area contributed by atoms with Gasteiger partial charge in [-0.25, -0.2) is 9.97 Å². The lowest BCUT2D eigenvalue weighted by Crippen LogP contribution is -2.03. The standard InChI is InChI=1S/C10H15N3S/c1-4-6-14-9-8(5-2)7(3)12-10(11)13-9/h4H,1,5-6H2,2-3H3,(H2,11,12,13). The van der Waals surface area contributed by atoms with Crippen LogP contribution in [0, 0.1) is 6.92 Å². The highest BCUT2D eigenvalue weighted by Gasteiger charge is 2.08. The highest BCUT2D eigenvalue weighted by atomic mass is 32.2. The molecule has 0 saturated heterocycles. The Morgan fingerprint density at radius 1 is 1.50 bits per heavy atom. The maximum Gasteiger partial charge on any atom is 0.221 e. The topological polar surface area (TPSA) is 51.8 Å². The SMILES string of the molecule is C=CCSc1nc(N)nc(C)c1CC. The average molecular weight is 209 g/mol. The molecule has 0 aliphatic heterocycles. The second kappa shape index (κ2) is 5.00. The molecule has 0 atom stereocenters.